The van der Waals surface area contributed by atoms with E-state index >= 15 is 0 Å². The van der Waals surface area contributed by atoms with E-state index in [1.165, 1.54) is 4.90 Å². The van der Waals surface area contributed by atoms with Crippen LogP contribution in [0.15, 0.2) is 30.3 Å². The summed E-state index contributed by atoms with van der Waals surface area (Å²) in [5.74, 6) is -1.16. The van der Waals surface area contributed by atoms with Crippen LogP contribution in [0.3, 0.4) is 0 Å². The highest BCUT2D eigenvalue weighted by molar-refractivity contribution is 6.02. The number of esters is 1. The van der Waals surface area contributed by atoms with Crippen molar-refractivity contribution in [1.29, 1.82) is 0 Å². The van der Waals surface area contributed by atoms with Gasteiger partial charge in [-0.15, -0.1) is 0 Å². The van der Waals surface area contributed by atoms with Gasteiger partial charge in [0, 0.05) is 12.3 Å². The van der Waals surface area contributed by atoms with Crippen molar-refractivity contribution in [2.75, 3.05) is 0 Å². The topological polar surface area (TPSA) is 63.7 Å². The first-order chi connectivity index (χ1) is 12.1. The fourth-order valence-corrected chi connectivity index (χ4v) is 3.29. The summed E-state index contributed by atoms with van der Waals surface area (Å²) < 4.78 is 5.36. The lowest BCUT2D eigenvalue weighted by atomic mass is 9.96. The summed E-state index contributed by atoms with van der Waals surface area (Å²) in [6.07, 6.45) is 3.80. The molecule has 2 amide bonds. The number of imide groups is 1. The first-order valence-corrected chi connectivity index (χ1v) is 9.14. The van der Waals surface area contributed by atoms with Crippen LogP contribution in [0.1, 0.15) is 57.9 Å². The molecular formula is C20H27NO4. The summed E-state index contributed by atoms with van der Waals surface area (Å²) in [4.78, 5) is 38.7. The molecule has 1 saturated heterocycles. The third-order valence-electron chi connectivity index (χ3n) is 4.57. The largest absolute Gasteiger partial charge is 0.459 e. The predicted octanol–water partition coefficient (Wildman–Crippen LogP) is 3.46. The summed E-state index contributed by atoms with van der Waals surface area (Å²) in [5, 5.41) is 0. The standard InChI is InChI=1S/C20H27NO4/c1-3-8-16(9-4-2)19(23)21-17(12-13-18(21)22)20(24)25-14-15-10-6-5-7-11-15/h5-7,10-11,16-17H,3-4,8-9,12-14H2,1-2H3/t17-/m0/s1. The molecule has 0 radical (unpaired) electrons. The number of hydrogen-bond acceptors (Lipinski definition) is 4. The molecule has 1 atom stereocenters. The Morgan fingerprint density at radius 1 is 1.16 bits per heavy atom. The normalized spacial score (nSPS) is 17.2. The third kappa shape index (κ3) is 4.91. The van der Waals surface area contributed by atoms with Gasteiger partial charge in [-0.25, -0.2) is 4.79 Å². The maximum Gasteiger partial charge on any atom is 0.329 e. The van der Waals surface area contributed by atoms with Crippen LogP contribution in [0.4, 0.5) is 0 Å². The van der Waals surface area contributed by atoms with Crippen molar-refractivity contribution in [1.82, 2.24) is 4.90 Å². The summed E-state index contributed by atoms with van der Waals surface area (Å²) in [6, 6.07) is 8.60. The van der Waals surface area contributed by atoms with E-state index < -0.39 is 12.0 Å². The second kappa shape index (κ2) is 9.35. The van der Waals surface area contributed by atoms with Crippen LogP contribution in [-0.4, -0.2) is 28.7 Å². The monoisotopic (exact) mass is 345 g/mol. The Balaban J connectivity index is 2.04. The van der Waals surface area contributed by atoms with Crippen molar-refractivity contribution in [2.24, 2.45) is 5.92 Å². The maximum absolute atomic E-state index is 12.8. The molecule has 1 aliphatic heterocycles. The van der Waals surface area contributed by atoms with Gasteiger partial charge in [0.2, 0.25) is 11.8 Å². The molecule has 1 fully saturated rings. The van der Waals surface area contributed by atoms with Crippen molar-refractivity contribution >= 4 is 17.8 Å². The van der Waals surface area contributed by atoms with E-state index in [2.05, 4.69) is 0 Å². The van der Waals surface area contributed by atoms with E-state index in [1.807, 2.05) is 44.2 Å². The van der Waals surface area contributed by atoms with Gasteiger partial charge in [-0.1, -0.05) is 57.0 Å². The minimum atomic E-state index is -0.778. The minimum Gasteiger partial charge on any atom is -0.459 e. The van der Waals surface area contributed by atoms with E-state index in [9.17, 15) is 14.4 Å². The van der Waals surface area contributed by atoms with Crippen LogP contribution in [0.25, 0.3) is 0 Å². The number of likely N-dealkylation sites (tertiary alicyclic amines) is 1. The molecule has 136 valence electrons. The Morgan fingerprint density at radius 3 is 2.40 bits per heavy atom. The summed E-state index contributed by atoms with van der Waals surface area (Å²) in [6.45, 7) is 4.19. The number of benzene rings is 1. The highest BCUT2D eigenvalue weighted by Crippen LogP contribution is 2.26. The van der Waals surface area contributed by atoms with E-state index in [0.29, 0.717) is 6.42 Å². The molecule has 0 unspecified atom stereocenters. The van der Waals surface area contributed by atoms with E-state index in [-0.39, 0.29) is 30.8 Å². The second-order valence-corrected chi connectivity index (χ2v) is 6.52. The lowest BCUT2D eigenvalue weighted by molar-refractivity contribution is -0.160. The summed E-state index contributed by atoms with van der Waals surface area (Å²) >= 11 is 0. The third-order valence-corrected chi connectivity index (χ3v) is 4.57. The van der Waals surface area contributed by atoms with Crippen LogP contribution < -0.4 is 0 Å². The van der Waals surface area contributed by atoms with Crippen LogP contribution in [-0.2, 0) is 25.7 Å². The molecule has 0 aliphatic carbocycles. The molecule has 5 heteroatoms. The number of hydrogen-bond donors (Lipinski definition) is 0. The molecule has 25 heavy (non-hydrogen) atoms. The van der Waals surface area contributed by atoms with Gasteiger partial charge in [0.15, 0.2) is 0 Å². The first-order valence-electron chi connectivity index (χ1n) is 9.14. The fraction of sp³-hybridized carbons (Fsp3) is 0.550. The van der Waals surface area contributed by atoms with Gasteiger partial charge >= 0.3 is 5.97 Å². The molecule has 5 nitrogen and oxygen atoms in total. The van der Waals surface area contributed by atoms with E-state index in [4.69, 9.17) is 4.74 Å². The van der Waals surface area contributed by atoms with Crippen molar-refractivity contribution in [3.63, 3.8) is 0 Å². The number of amides is 2. The Labute approximate surface area is 149 Å². The Kier molecular flexibility index (Phi) is 7.16. The Bertz CT molecular complexity index is 593. The molecule has 0 bridgehead atoms. The Hall–Kier alpha value is -2.17. The van der Waals surface area contributed by atoms with Gasteiger partial charge in [0.1, 0.15) is 12.6 Å². The van der Waals surface area contributed by atoms with Crippen molar-refractivity contribution in [3.8, 4) is 0 Å². The zero-order valence-electron chi connectivity index (χ0n) is 15.1. The van der Waals surface area contributed by atoms with E-state index in [1.54, 1.807) is 0 Å². The van der Waals surface area contributed by atoms with Gasteiger partial charge in [-0.2, -0.15) is 0 Å². The highest BCUT2D eigenvalue weighted by Gasteiger charge is 2.42. The highest BCUT2D eigenvalue weighted by atomic mass is 16.5. The van der Waals surface area contributed by atoms with Gasteiger partial charge in [-0.05, 0) is 24.8 Å². The zero-order valence-corrected chi connectivity index (χ0v) is 15.1. The van der Waals surface area contributed by atoms with Crippen molar-refractivity contribution < 1.29 is 19.1 Å². The van der Waals surface area contributed by atoms with Gasteiger partial charge in [-0.3, -0.25) is 14.5 Å². The molecule has 1 aliphatic rings. The number of nitrogens with zero attached hydrogens (tertiary/aromatic N) is 1. The van der Waals surface area contributed by atoms with Crippen LogP contribution in [0, 0.1) is 5.92 Å². The predicted molar refractivity (Wildman–Crippen MR) is 94.4 cm³/mol. The van der Waals surface area contributed by atoms with Crippen molar-refractivity contribution in [2.45, 2.75) is 65.0 Å². The van der Waals surface area contributed by atoms with Crippen LogP contribution >= 0.6 is 0 Å². The molecule has 0 saturated carbocycles. The minimum absolute atomic E-state index is 0.153. The molecule has 1 aromatic rings. The summed E-state index contributed by atoms with van der Waals surface area (Å²) in [5.41, 5.74) is 0.882. The molecule has 2 rings (SSSR count). The SMILES string of the molecule is CCCC(CCC)C(=O)N1C(=O)CC[C@H]1C(=O)OCc1ccccc1. The van der Waals surface area contributed by atoms with Gasteiger partial charge < -0.3 is 4.74 Å². The average Bonchev–Trinajstić information content (AvgIpc) is 3.01. The number of rotatable bonds is 8. The lowest BCUT2D eigenvalue weighted by Gasteiger charge is -2.26. The van der Waals surface area contributed by atoms with E-state index in [0.717, 1.165) is 31.2 Å². The van der Waals surface area contributed by atoms with Crippen molar-refractivity contribution in [3.05, 3.63) is 35.9 Å². The molecular weight excluding hydrogens is 318 g/mol. The zero-order chi connectivity index (χ0) is 18.2. The number of carbonyl (C=O) groups is 3. The van der Waals surface area contributed by atoms with Crippen LogP contribution in [0.5, 0.6) is 0 Å². The lowest BCUT2D eigenvalue weighted by Crippen LogP contribution is -2.46. The van der Waals surface area contributed by atoms with Gasteiger partial charge in [0.25, 0.3) is 0 Å². The number of ether oxygens (including phenoxy) is 1. The molecule has 0 N–H and O–H groups in total. The average molecular weight is 345 g/mol. The molecule has 1 aromatic carbocycles. The quantitative estimate of drug-likeness (QED) is 0.677. The summed E-state index contributed by atoms with van der Waals surface area (Å²) in [7, 11) is 0. The van der Waals surface area contributed by atoms with Gasteiger partial charge in [0.05, 0.1) is 0 Å². The molecule has 0 spiro atoms. The maximum atomic E-state index is 12.8. The van der Waals surface area contributed by atoms with Crippen LogP contribution in [0.2, 0.25) is 0 Å². The number of carbonyl (C=O) groups excluding carboxylic acids is 3. The first kappa shape index (κ1) is 19.2. The molecule has 1 heterocycles. The fourth-order valence-electron chi connectivity index (χ4n) is 3.29. The molecule has 0 aromatic heterocycles. The Morgan fingerprint density at radius 2 is 1.80 bits per heavy atom. The second-order valence-electron chi connectivity index (χ2n) is 6.52. The smallest absolute Gasteiger partial charge is 0.329 e.